The van der Waals surface area contributed by atoms with Crippen molar-refractivity contribution in [2.75, 3.05) is 6.54 Å². The molecule has 2 aliphatic heterocycles. The number of hydrogen-bond donors (Lipinski definition) is 0. The summed E-state index contributed by atoms with van der Waals surface area (Å²) in [6, 6.07) is 5.64. The van der Waals surface area contributed by atoms with Gasteiger partial charge in [-0.25, -0.2) is 9.78 Å². The maximum atomic E-state index is 13.0. The van der Waals surface area contributed by atoms with E-state index in [1.54, 1.807) is 29.4 Å². The molecular weight excluding hydrogens is 376 g/mol. The molecule has 0 spiro atoms. The van der Waals surface area contributed by atoms with Crippen LogP contribution in [-0.4, -0.2) is 49.7 Å². The van der Waals surface area contributed by atoms with Crippen molar-refractivity contribution in [3.05, 3.63) is 53.6 Å². The lowest BCUT2D eigenvalue weighted by molar-refractivity contribution is -0.174. The quantitative estimate of drug-likeness (QED) is 0.711. The minimum Gasteiger partial charge on any atom is -0.333 e. The largest absolute Gasteiger partial charge is 0.339 e. The molecule has 1 aromatic carbocycles. The second-order valence-corrected chi connectivity index (χ2v) is 6.87. The van der Waals surface area contributed by atoms with Crippen molar-refractivity contribution in [1.29, 1.82) is 0 Å². The van der Waals surface area contributed by atoms with Gasteiger partial charge in [0.25, 0.3) is 11.8 Å². The van der Waals surface area contributed by atoms with E-state index >= 15 is 0 Å². The molecule has 0 bridgehead atoms. The van der Waals surface area contributed by atoms with E-state index < -0.39 is 29.7 Å². The Bertz CT molecular complexity index is 979. The number of benzene rings is 1. The third-order valence-electron chi connectivity index (χ3n) is 5.37. The number of amides is 3. The van der Waals surface area contributed by atoms with Crippen molar-refractivity contribution < 1.29 is 24.0 Å². The van der Waals surface area contributed by atoms with Gasteiger partial charge in [0, 0.05) is 31.9 Å². The molecule has 0 unspecified atom stereocenters. The van der Waals surface area contributed by atoms with Crippen molar-refractivity contribution in [2.45, 2.75) is 32.9 Å². The fourth-order valence-electron chi connectivity index (χ4n) is 3.96. The molecule has 4 rings (SSSR count). The first-order chi connectivity index (χ1) is 14.0. The predicted molar refractivity (Wildman–Crippen MR) is 99.2 cm³/mol. The van der Waals surface area contributed by atoms with E-state index in [0.29, 0.717) is 24.0 Å². The summed E-state index contributed by atoms with van der Waals surface area (Å²) in [5.41, 5.74) is 0.363. The molecule has 2 aliphatic rings. The van der Waals surface area contributed by atoms with Gasteiger partial charge in [0.05, 0.1) is 17.0 Å². The number of fused-ring (bicyclic) bond motifs is 1. The van der Waals surface area contributed by atoms with Crippen LogP contribution in [0.25, 0.3) is 0 Å². The molecular formula is C20H20N4O5. The maximum absolute atomic E-state index is 13.0. The van der Waals surface area contributed by atoms with Crippen LogP contribution in [0.2, 0.25) is 0 Å². The van der Waals surface area contributed by atoms with Gasteiger partial charge in [-0.05, 0) is 26.0 Å². The van der Waals surface area contributed by atoms with Crippen LogP contribution in [-0.2, 0) is 21.0 Å². The summed E-state index contributed by atoms with van der Waals surface area (Å²) >= 11 is 0. The van der Waals surface area contributed by atoms with Gasteiger partial charge in [-0.1, -0.05) is 17.2 Å². The molecule has 150 valence electrons. The first kappa shape index (κ1) is 18.9. The van der Waals surface area contributed by atoms with Crippen LogP contribution in [0.3, 0.4) is 0 Å². The molecule has 0 radical (unpaired) electrons. The molecule has 1 saturated heterocycles. The number of nitrogens with zero attached hydrogens (tertiary/aromatic N) is 4. The number of rotatable bonds is 5. The Labute approximate surface area is 166 Å². The highest BCUT2D eigenvalue weighted by Gasteiger charge is 2.49. The van der Waals surface area contributed by atoms with E-state index in [4.69, 9.17) is 4.84 Å². The van der Waals surface area contributed by atoms with Gasteiger partial charge in [-0.3, -0.25) is 14.4 Å². The Morgan fingerprint density at radius 1 is 1.10 bits per heavy atom. The van der Waals surface area contributed by atoms with Gasteiger partial charge in [-0.2, -0.15) is 0 Å². The molecule has 3 amide bonds. The molecule has 29 heavy (non-hydrogen) atoms. The number of aryl methyl sites for hydroxylation is 1. The van der Waals surface area contributed by atoms with Gasteiger partial charge < -0.3 is 14.3 Å². The van der Waals surface area contributed by atoms with E-state index in [2.05, 4.69) is 4.98 Å². The molecule has 9 nitrogen and oxygen atoms in total. The standard InChI is InChI=1S/C20H20N4O5/c1-3-22-10-9-21-17(22)16-14(11-15(25)23(16)4-2)20(28)29-24-18(26)12-7-5-6-8-13(12)19(24)27/h5-10,14,16H,3-4,11H2,1-2H3/t14-,16-/m0/s1. The van der Waals surface area contributed by atoms with E-state index in [9.17, 15) is 19.2 Å². The van der Waals surface area contributed by atoms with Crippen LogP contribution in [0.5, 0.6) is 0 Å². The molecule has 0 aliphatic carbocycles. The third kappa shape index (κ3) is 2.89. The lowest BCUT2D eigenvalue weighted by atomic mass is 9.99. The molecule has 9 heteroatoms. The number of likely N-dealkylation sites (tertiary alicyclic amines) is 1. The predicted octanol–water partition coefficient (Wildman–Crippen LogP) is 1.57. The van der Waals surface area contributed by atoms with E-state index in [0.717, 1.165) is 0 Å². The zero-order chi connectivity index (χ0) is 20.7. The van der Waals surface area contributed by atoms with Crippen LogP contribution in [0.15, 0.2) is 36.7 Å². The highest BCUT2D eigenvalue weighted by molar-refractivity contribution is 6.20. The third-order valence-corrected chi connectivity index (χ3v) is 5.37. The number of hydroxylamine groups is 2. The summed E-state index contributed by atoms with van der Waals surface area (Å²) in [6.07, 6.45) is 3.32. The van der Waals surface area contributed by atoms with Crippen LogP contribution in [0, 0.1) is 5.92 Å². The van der Waals surface area contributed by atoms with Crippen LogP contribution < -0.4 is 0 Å². The molecule has 2 aromatic rings. The number of hydrogen-bond acceptors (Lipinski definition) is 6. The van der Waals surface area contributed by atoms with Crippen LogP contribution >= 0.6 is 0 Å². The number of imide groups is 1. The van der Waals surface area contributed by atoms with Gasteiger partial charge in [0.15, 0.2) is 0 Å². The Balaban J connectivity index is 1.62. The van der Waals surface area contributed by atoms with E-state index in [1.165, 1.54) is 12.1 Å². The lowest BCUT2D eigenvalue weighted by Gasteiger charge is -2.26. The van der Waals surface area contributed by atoms with Gasteiger partial charge in [0.2, 0.25) is 5.91 Å². The van der Waals surface area contributed by atoms with Crippen molar-refractivity contribution >= 4 is 23.7 Å². The van der Waals surface area contributed by atoms with Crippen LogP contribution in [0.4, 0.5) is 0 Å². The summed E-state index contributed by atoms with van der Waals surface area (Å²) in [5.74, 6) is -2.69. The summed E-state index contributed by atoms with van der Waals surface area (Å²) in [7, 11) is 0. The Hall–Kier alpha value is -3.49. The average Bonchev–Trinajstić information content (AvgIpc) is 3.39. The molecule has 2 atom stereocenters. The van der Waals surface area contributed by atoms with Crippen molar-refractivity contribution in [3.8, 4) is 0 Å². The average molecular weight is 396 g/mol. The SMILES string of the molecule is CCN1C(=O)C[C@H](C(=O)ON2C(=O)c3ccccc3C2=O)[C@H]1c1nccn1CC. The van der Waals surface area contributed by atoms with E-state index in [1.807, 2.05) is 18.4 Å². The smallest absolute Gasteiger partial charge is 0.333 e. The van der Waals surface area contributed by atoms with Gasteiger partial charge >= 0.3 is 5.97 Å². The van der Waals surface area contributed by atoms with Crippen molar-refractivity contribution in [2.24, 2.45) is 5.92 Å². The summed E-state index contributed by atoms with van der Waals surface area (Å²) in [4.78, 5) is 61.6. The molecule has 0 N–H and O–H groups in total. The summed E-state index contributed by atoms with van der Waals surface area (Å²) in [6.45, 7) is 4.78. The van der Waals surface area contributed by atoms with Crippen molar-refractivity contribution in [3.63, 3.8) is 0 Å². The molecule has 1 fully saturated rings. The highest BCUT2D eigenvalue weighted by atomic mass is 16.7. The monoisotopic (exact) mass is 396 g/mol. The van der Waals surface area contributed by atoms with Crippen LogP contribution in [0.1, 0.15) is 52.9 Å². The summed E-state index contributed by atoms with van der Waals surface area (Å²) < 4.78 is 1.86. The molecule has 3 heterocycles. The number of carbonyl (C=O) groups is 4. The topological polar surface area (TPSA) is 102 Å². The molecule has 1 aromatic heterocycles. The van der Waals surface area contributed by atoms with Gasteiger partial charge in [-0.15, -0.1) is 0 Å². The summed E-state index contributed by atoms with van der Waals surface area (Å²) in [5, 5.41) is 0.482. The first-order valence-electron chi connectivity index (χ1n) is 9.48. The Morgan fingerprint density at radius 2 is 1.76 bits per heavy atom. The fourth-order valence-corrected chi connectivity index (χ4v) is 3.96. The lowest BCUT2D eigenvalue weighted by Crippen LogP contribution is -2.38. The Morgan fingerprint density at radius 3 is 2.34 bits per heavy atom. The minimum atomic E-state index is -0.875. The second kappa shape index (κ2) is 7.16. The maximum Gasteiger partial charge on any atom is 0.339 e. The first-order valence-corrected chi connectivity index (χ1v) is 9.48. The number of aromatic nitrogens is 2. The van der Waals surface area contributed by atoms with Gasteiger partial charge in [0.1, 0.15) is 11.9 Å². The normalized spacial score (nSPS) is 21.1. The highest BCUT2D eigenvalue weighted by Crippen LogP contribution is 2.38. The zero-order valence-electron chi connectivity index (χ0n) is 16.1. The molecule has 0 saturated carbocycles. The zero-order valence-corrected chi connectivity index (χ0v) is 16.1. The second-order valence-electron chi connectivity index (χ2n) is 6.87. The number of carbonyl (C=O) groups excluding carboxylic acids is 4. The minimum absolute atomic E-state index is 0.0723. The Kier molecular flexibility index (Phi) is 4.65. The van der Waals surface area contributed by atoms with Crippen molar-refractivity contribution in [1.82, 2.24) is 19.5 Å². The fraction of sp³-hybridized carbons (Fsp3) is 0.350. The number of imidazole rings is 1. The van der Waals surface area contributed by atoms with E-state index in [-0.39, 0.29) is 23.5 Å².